The van der Waals surface area contributed by atoms with Crippen molar-refractivity contribution in [1.29, 1.82) is 0 Å². The maximum atomic E-state index is 10.6. The Labute approximate surface area is 67.0 Å². The highest BCUT2D eigenvalue weighted by atomic mass is 35.5. The minimum atomic E-state index is -0.661. The summed E-state index contributed by atoms with van der Waals surface area (Å²) in [5.41, 5.74) is 4.68. The third-order valence-electron chi connectivity index (χ3n) is 1.14. The Hall–Kier alpha value is -1.29. The zero-order chi connectivity index (χ0) is 8.43. The summed E-state index contributed by atoms with van der Waals surface area (Å²) in [6.45, 7) is 0. The van der Waals surface area contributed by atoms with Gasteiger partial charge in [-0.05, 0) is 6.07 Å². The van der Waals surface area contributed by atoms with Gasteiger partial charge in [-0.2, -0.15) is 0 Å². The molecule has 0 saturated heterocycles. The minimum absolute atomic E-state index is 0.0231. The van der Waals surface area contributed by atoms with Crippen molar-refractivity contribution in [3.8, 4) is 0 Å². The number of rotatable bonds is 1. The van der Waals surface area contributed by atoms with E-state index in [4.69, 9.17) is 17.3 Å². The lowest BCUT2D eigenvalue weighted by Gasteiger charge is -1.95. The van der Waals surface area contributed by atoms with Crippen LogP contribution < -0.4 is 11.3 Å². The van der Waals surface area contributed by atoms with Crippen LogP contribution in [0.5, 0.6) is 0 Å². The molecule has 1 rings (SSSR count). The van der Waals surface area contributed by atoms with Gasteiger partial charge in [-0.3, -0.25) is 9.59 Å². The third-order valence-corrected chi connectivity index (χ3v) is 1.43. The lowest BCUT2D eigenvalue weighted by molar-refractivity contribution is 0.1000. The van der Waals surface area contributed by atoms with Gasteiger partial charge in [0.15, 0.2) is 0 Å². The number of carbonyl (C=O) groups excluding carboxylic acids is 1. The lowest BCUT2D eigenvalue weighted by atomic mass is 10.3. The molecule has 0 aliphatic heterocycles. The second-order valence-electron chi connectivity index (χ2n) is 1.91. The molecule has 5 heteroatoms. The van der Waals surface area contributed by atoms with Crippen LogP contribution in [-0.4, -0.2) is 10.9 Å². The van der Waals surface area contributed by atoms with Gasteiger partial charge in [0.2, 0.25) is 5.56 Å². The van der Waals surface area contributed by atoms with Gasteiger partial charge in [0.05, 0.1) is 5.56 Å². The van der Waals surface area contributed by atoms with E-state index < -0.39 is 5.91 Å². The maximum absolute atomic E-state index is 10.6. The number of nitrogens with two attached hydrogens (primary N) is 1. The number of hydrogen-bond acceptors (Lipinski definition) is 2. The molecule has 4 nitrogen and oxygen atoms in total. The molecule has 0 unspecified atom stereocenters. The molecule has 0 aliphatic rings. The minimum Gasteiger partial charge on any atom is -0.366 e. The maximum Gasteiger partial charge on any atom is 0.251 e. The number of carbonyl (C=O) groups is 1. The summed E-state index contributed by atoms with van der Waals surface area (Å²) in [5, 5.41) is -0.0231. The molecule has 0 atom stereocenters. The topological polar surface area (TPSA) is 76.0 Å². The molecule has 0 fully saturated rings. The molecule has 0 aromatic carbocycles. The Morgan fingerprint density at radius 1 is 1.55 bits per heavy atom. The highest BCUT2D eigenvalue weighted by Crippen LogP contribution is 2.07. The summed E-state index contributed by atoms with van der Waals surface area (Å²) in [7, 11) is 0. The first-order valence-corrected chi connectivity index (χ1v) is 3.17. The molecule has 58 valence electrons. The molecule has 1 aromatic heterocycles. The van der Waals surface area contributed by atoms with Gasteiger partial charge in [0.1, 0.15) is 5.15 Å². The first-order valence-electron chi connectivity index (χ1n) is 2.80. The molecule has 0 bridgehead atoms. The van der Waals surface area contributed by atoms with Crippen LogP contribution in [0.2, 0.25) is 5.15 Å². The van der Waals surface area contributed by atoms with Crippen molar-refractivity contribution in [3.05, 3.63) is 33.2 Å². The normalized spacial score (nSPS) is 9.55. The number of aromatic nitrogens is 1. The molecule has 1 heterocycles. The van der Waals surface area contributed by atoms with Gasteiger partial charge in [0.25, 0.3) is 5.91 Å². The number of nitrogens with one attached hydrogen (secondary N) is 1. The van der Waals surface area contributed by atoms with Crippen LogP contribution in [0.3, 0.4) is 0 Å². The van der Waals surface area contributed by atoms with Crippen LogP contribution >= 0.6 is 11.6 Å². The zero-order valence-electron chi connectivity index (χ0n) is 5.43. The Bertz CT molecular complexity index is 345. The first kappa shape index (κ1) is 7.81. The number of pyridine rings is 1. The predicted molar refractivity (Wildman–Crippen MR) is 40.6 cm³/mol. The second-order valence-corrected chi connectivity index (χ2v) is 2.29. The number of hydrogen-bond donors (Lipinski definition) is 2. The molecular weight excluding hydrogens is 168 g/mol. The average Bonchev–Trinajstić information content (AvgIpc) is 1.85. The summed E-state index contributed by atoms with van der Waals surface area (Å²) >= 11 is 5.47. The van der Waals surface area contributed by atoms with E-state index in [0.29, 0.717) is 0 Å². The van der Waals surface area contributed by atoms with E-state index in [1.807, 2.05) is 0 Å². The van der Waals surface area contributed by atoms with Crippen molar-refractivity contribution >= 4 is 17.5 Å². The van der Waals surface area contributed by atoms with E-state index in [9.17, 15) is 9.59 Å². The highest BCUT2D eigenvalue weighted by Gasteiger charge is 2.05. The zero-order valence-corrected chi connectivity index (χ0v) is 6.18. The number of H-pyrrole nitrogens is 1. The quantitative estimate of drug-likeness (QED) is 0.591. The molecule has 0 spiro atoms. The number of primary amides is 1. The van der Waals surface area contributed by atoms with E-state index >= 15 is 0 Å². The van der Waals surface area contributed by atoms with E-state index in [0.717, 1.165) is 0 Å². The number of aromatic amines is 1. The SMILES string of the molecule is NC(=O)c1ccc(=O)[nH]c1Cl. The van der Waals surface area contributed by atoms with Crippen LogP contribution in [0.25, 0.3) is 0 Å². The molecule has 1 amide bonds. The molecule has 11 heavy (non-hydrogen) atoms. The largest absolute Gasteiger partial charge is 0.366 e. The first-order chi connectivity index (χ1) is 5.11. The fraction of sp³-hybridized carbons (Fsp3) is 0. The van der Waals surface area contributed by atoms with Crippen LogP contribution in [0.15, 0.2) is 16.9 Å². The molecule has 0 aliphatic carbocycles. The van der Waals surface area contributed by atoms with Crippen molar-refractivity contribution in [2.75, 3.05) is 0 Å². The predicted octanol–water partition coefficient (Wildman–Crippen LogP) is 0.127. The van der Waals surface area contributed by atoms with Gasteiger partial charge in [-0.1, -0.05) is 11.6 Å². The Morgan fingerprint density at radius 3 is 2.64 bits per heavy atom. The summed E-state index contributed by atoms with van der Waals surface area (Å²) in [5.74, 6) is -0.661. The van der Waals surface area contributed by atoms with Crippen LogP contribution in [0, 0.1) is 0 Å². The lowest BCUT2D eigenvalue weighted by Crippen LogP contribution is -2.15. The van der Waals surface area contributed by atoms with Crippen LogP contribution in [-0.2, 0) is 0 Å². The molecule has 3 N–H and O–H groups in total. The van der Waals surface area contributed by atoms with Gasteiger partial charge in [0, 0.05) is 6.07 Å². The van der Waals surface area contributed by atoms with Crippen molar-refractivity contribution in [2.24, 2.45) is 5.73 Å². The molecular formula is C6H5ClN2O2. The van der Waals surface area contributed by atoms with Gasteiger partial charge < -0.3 is 10.7 Å². The van der Waals surface area contributed by atoms with Crippen LogP contribution in [0.4, 0.5) is 0 Å². The standard InChI is InChI=1S/C6H5ClN2O2/c7-5-3(6(8)11)1-2-4(10)9-5/h1-2H,(H2,8,11)(H,9,10). The van der Waals surface area contributed by atoms with Crippen LogP contribution in [0.1, 0.15) is 10.4 Å². The second kappa shape index (κ2) is 2.75. The van der Waals surface area contributed by atoms with Crippen molar-refractivity contribution in [1.82, 2.24) is 4.98 Å². The Kier molecular flexibility index (Phi) is 1.96. The van der Waals surface area contributed by atoms with E-state index in [1.54, 1.807) is 0 Å². The molecule has 0 radical (unpaired) electrons. The average molecular weight is 173 g/mol. The third kappa shape index (κ3) is 1.59. The summed E-state index contributed by atoms with van der Waals surface area (Å²) in [6, 6.07) is 2.47. The summed E-state index contributed by atoms with van der Waals surface area (Å²) in [6.07, 6.45) is 0. The number of amides is 1. The van der Waals surface area contributed by atoms with E-state index in [1.165, 1.54) is 12.1 Å². The van der Waals surface area contributed by atoms with Crippen molar-refractivity contribution < 1.29 is 4.79 Å². The fourth-order valence-corrected chi connectivity index (χ4v) is 0.889. The number of halogens is 1. The fourth-order valence-electron chi connectivity index (χ4n) is 0.640. The van der Waals surface area contributed by atoms with Crippen molar-refractivity contribution in [2.45, 2.75) is 0 Å². The molecule has 1 aromatic rings. The van der Waals surface area contributed by atoms with Gasteiger partial charge in [-0.15, -0.1) is 0 Å². The smallest absolute Gasteiger partial charge is 0.251 e. The van der Waals surface area contributed by atoms with Gasteiger partial charge in [-0.25, -0.2) is 0 Å². The van der Waals surface area contributed by atoms with E-state index in [2.05, 4.69) is 4.98 Å². The Morgan fingerprint density at radius 2 is 2.18 bits per heavy atom. The monoisotopic (exact) mass is 172 g/mol. The summed E-state index contributed by atoms with van der Waals surface area (Å²) < 4.78 is 0. The van der Waals surface area contributed by atoms with Crippen molar-refractivity contribution in [3.63, 3.8) is 0 Å². The Balaban J connectivity index is 3.31. The van der Waals surface area contributed by atoms with Gasteiger partial charge >= 0.3 is 0 Å². The highest BCUT2D eigenvalue weighted by molar-refractivity contribution is 6.32. The molecule has 0 saturated carbocycles. The summed E-state index contributed by atoms with van der Waals surface area (Å²) in [4.78, 5) is 23.4. The van der Waals surface area contributed by atoms with E-state index in [-0.39, 0.29) is 16.3 Å².